The molecule has 0 fully saturated rings. The summed E-state index contributed by atoms with van der Waals surface area (Å²) in [5, 5.41) is 12.0. The van der Waals surface area contributed by atoms with E-state index in [1.807, 2.05) is 24.3 Å². The third-order valence-electron chi connectivity index (χ3n) is 3.17. The highest BCUT2D eigenvalue weighted by atomic mass is 16.5. The molecule has 0 radical (unpaired) electrons. The van der Waals surface area contributed by atoms with E-state index in [0.29, 0.717) is 17.9 Å². The molecule has 0 atom stereocenters. The number of aliphatic hydroxyl groups is 1. The van der Waals surface area contributed by atoms with Crippen LogP contribution in [0.5, 0.6) is 11.5 Å². The Bertz CT molecular complexity index is 574. The van der Waals surface area contributed by atoms with Crippen LogP contribution in [0.1, 0.15) is 11.1 Å². The average molecular weight is 301 g/mol. The molecule has 2 aromatic rings. The van der Waals surface area contributed by atoms with Crippen molar-refractivity contribution in [3.8, 4) is 11.5 Å². The summed E-state index contributed by atoms with van der Waals surface area (Å²) in [7, 11) is 1.59. The monoisotopic (exact) mass is 301 g/mol. The minimum atomic E-state index is -0.237. The first-order valence-electron chi connectivity index (χ1n) is 6.94. The topological polar surface area (TPSA) is 67.8 Å². The highest BCUT2D eigenvalue weighted by Crippen LogP contribution is 2.18. The number of rotatable bonds is 7. The van der Waals surface area contributed by atoms with Gasteiger partial charge in [-0.05, 0) is 12.1 Å². The van der Waals surface area contributed by atoms with Crippen LogP contribution in [0.25, 0.3) is 0 Å². The number of benzene rings is 2. The maximum absolute atomic E-state index is 11.8. The van der Waals surface area contributed by atoms with E-state index in [0.717, 1.165) is 11.3 Å². The lowest BCUT2D eigenvalue weighted by atomic mass is 10.2. The molecule has 0 aromatic heterocycles. The van der Waals surface area contributed by atoms with Crippen LogP contribution < -0.4 is 14.8 Å². The van der Waals surface area contributed by atoms with Crippen LogP contribution >= 0.6 is 0 Å². The fraction of sp³-hybridized carbons (Fsp3) is 0.235. The molecule has 22 heavy (non-hydrogen) atoms. The summed E-state index contributed by atoms with van der Waals surface area (Å²) in [5.74, 6) is 1.01. The Kier molecular flexibility index (Phi) is 5.80. The predicted octanol–water partition coefficient (Wildman–Crippen LogP) is 1.88. The van der Waals surface area contributed by atoms with Crippen LogP contribution in [0.3, 0.4) is 0 Å². The maximum atomic E-state index is 11.8. The van der Waals surface area contributed by atoms with Crippen LogP contribution in [0.2, 0.25) is 0 Å². The largest absolute Gasteiger partial charge is 0.496 e. The molecule has 5 heteroatoms. The van der Waals surface area contributed by atoms with Gasteiger partial charge < -0.3 is 19.9 Å². The number of hydrogen-bond donors (Lipinski definition) is 2. The summed E-state index contributed by atoms with van der Waals surface area (Å²) in [6.07, 6.45) is 0. The molecule has 5 nitrogen and oxygen atoms in total. The van der Waals surface area contributed by atoms with E-state index < -0.39 is 0 Å². The molecule has 116 valence electrons. The normalized spacial score (nSPS) is 10.1. The van der Waals surface area contributed by atoms with Crippen LogP contribution in [0, 0.1) is 0 Å². The molecule has 0 aliphatic rings. The van der Waals surface area contributed by atoms with Crippen molar-refractivity contribution in [3.05, 3.63) is 59.7 Å². The molecule has 1 amide bonds. The van der Waals surface area contributed by atoms with Crippen LogP contribution in [-0.2, 0) is 17.9 Å². The fourth-order valence-electron chi connectivity index (χ4n) is 2.01. The number of carbonyl (C=O) groups is 1. The zero-order chi connectivity index (χ0) is 15.8. The number of ether oxygens (including phenoxy) is 2. The molecule has 2 rings (SSSR count). The Morgan fingerprint density at radius 1 is 1.05 bits per heavy atom. The number of amides is 1. The summed E-state index contributed by atoms with van der Waals surface area (Å²) in [5.41, 5.74) is 1.55. The smallest absolute Gasteiger partial charge is 0.258 e. The van der Waals surface area contributed by atoms with Gasteiger partial charge in [-0.25, -0.2) is 0 Å². The van der Waals surface area contributed by atoms with Crippen molar-refractivity contribution in [1.82, 2.24) is 5.32 Å². The second-order valence-corrected chi connectivity index (χ2v) is 4.64. The first-order chi connectivity index (χ1) is 10.7. The summed E-state index contributed by atoms with van der Waals surface area (Å²) in [4.78, 5) is 11.8. The molecular weight excluding hydrogens is 282 g/mol. The zero-order valence-corrected chi connectivity index (χ0v) is 12.4. The van der Waals surface area contributed by atoms with Gasteiger partial charge in [-0.15, -0.1) is 0 Å². The van der Waals surface area contributed by atoms with Gasteiger partial charge >= 0.3 is 0 Å². The van der Waals surface area contributed by atoms with Crippen LogP contribution in [-0.4, -0.2) is 24.7 Å². The molecule has 0 bridgehead atoms. The molecule has 2 N–H and O–H groups in total. The molecule has 2 aromatic carbocycles. The predicted molar refractivity (Wildman–Crippen MR) is 82.7 cm³/mol. The molecular formula is C17H19NO4. The van der Waals surface area contributed by atoms with Gasteiger partial charge in [0.15, 0.2) is 6.61 Å². The van der Waals surface area contributed by atoms with Gasteiger partial charge in [0.25, 0.3) is 5.91 Å². The van der Waals surface area contributed by atoms with Gasteiger partial charge in [0.05, 0.1) is 13.7 Å². The lowest BCUT2D eigenvalue weighted by Gasteiger charge is -2.11. The second kappa shape index (κ2) is 8.05. The van der Waals surface area contributed by atoms with Gasteiger partial charge in [0, 0.05) is 17.7 Å². The zero-order valence-electron chi connectivity index (χ0n) is 12.4. The Hall–Kier alpha value is -2.53. The number of carbonyl (C=O) groups excluding carboxylic acids is 1. The maximum Gasteiger partial charge on any atom is 0.258 e. The van der Waals surface area contributed by atoms with Crippen molar-refractivity contribution in [2.24, 2.45) is 0 Å². The quantitative estimate of drug-likeness (QED) is 0.819. The van der Waals surface area contributed by atoms with E-state index in [1.165, 1.54) is 0 Å². The third kappa shape index (κ3) is 4.23. The first kappa shape index (κ1) is 15.9. The van der Waals surface area contributed by atoms with Crippen molar-refractivity contribution in [1.29, 1.82) is 0 Å². The number of hydrogen-bond acceptors (Lipinski definition) is 4. The SMILES string of the molecule is COc1ccccc1CNC(=O)COc1ccccc1CO. The second-order valence-electron chi connectivity index (χ2n) is 4.64. The van der Waals surface area contributed by atoms with Gasteiger partial charge in [-0.1, -0.05) is 36.4 Å². The van der Waals surface area contributed by atoms with Gasteiger partial charge in [0.1, 0.15) is 11.5 Å². The van der Waals surface area contributed by atoms with E-state index >= 15 is 0 Å². The Labute approximate surface area is 129 Å². The Morgan fingerprint density at radius 2 is 1.68 bits per heavy atom. The highest BCUT2D eigenvalue weighted by Gasteiger charge is 2.07. The van der Waals surface area contributed by atoms with Crippen molar-refractivity contribution in [2.75, 3.05) is 13.7 Å². The van der Waals surface area contributed by atoms with Crippen molar-refractivity contribution in [2.45, 2.75) is 13.2 Å². The minimum absolute atomic E-state index is 0.105. The number of para-hydroxylation sites is 2. The lowest BCUT2D eigenvalue weighted by molar-refractivity contribution is -0.123. The Balaban J connectivity index is 1.86. The molecule has 0 unspecified atom stereocenters. The number of aliphatic hydroxyl groups excluding tert-OH is 1. The molecule has 0 saturated heterocycles. The van der Waals surface area contributed by atoms with Crippen LogP contribution in [0.4, 0.5) is 0 Å². The van der Waals surface area contributed by atoms with E-state index in [9.17, 15) is 9.90 Å². The summed E-state index contributed by atoms with van der Waals surface area (Å²) in [6, 6.07) is 14.6. The van der Waals surface area contributed by atoms with Crippen molar-refractivity contribution in [3.63, 3.8) is 0 Å². The molecule has 0 aliphatic heterocycles. The standard InChI is InChI=1S/C17H19NO4/c1-21-15-8-4-2-6-13(15)10-18-17(20)12-22-16-9-5-3-7-14(16)11-19/h2-9,19H,10-12H2,1H3,(H,18,20). The van der Waals surface area contributed by atoms with E-state index in [2.05, 4.69) is 5.32 Å². The van der Waals surface area contributed by atoms with Crippen molar-refractivity contribution < 1.29 is 19.4 Å². The first-order valence-corrected chi connectivity index (χ1v) is 6.94. The van der Waals surface area contributed by atoms with E-state index in [4.69, 9.17) is 9.47 Å². The lowest BCUT2D eigenvalue weighted by Crippen LogP contribution is -2.28. The molecule has 0 spiro atoms. The summed E-state index contributed by atoms with van der Waals surface area (Å²) < 4.78 is 10.7. The summed E-state index contributed by atoms with van der Waals surface area (Å²) >= 11 is 0. The van der Waals surface area contributed by atoms with E-state index in [-0.39, 0.29) is 19.1 Å². The fourth-order valence-corrected chi connectivity index (χ4v) is 2.01. The van der Waals surface area contributed by atoms with Crippen LogP contribution in [0.15, 0.2) is 48.5 Å². The highest BCUT2D eigenvalue weighted by molar-refractivity contribution is 5.77. The van der Waals surface area contributed by atoms with Gasteiger partial charge in [-0.3, -0.25) is 4.79 Å². The molecule has 0 saturated carbocycles. The minimum Gasteiger partial charge on any atom is -0.496 e. The third-order valence-corrected chi connectivity index (χ3v) is 3.17. The van der Waals surface area contributed by atoms with Gasteiger partial charge in [0.2, 0.25) is 0 Å². The number of nitrogens with one attached hydrogen (secondary N) is 1. The Morgan fingerprint density at radius 3 is 2.36 bits per heavy atom. The van der Waals surface area contributed by atoms with E-state index in [1.54, 1.807) is 31.4 Å². The average Bonchev–Trinajstić information content (AvgIpc) is 2.58. The number of methoxy groups -OCH3 is 1. The summed E-state index contributed by atoms with van der Waals surface area (Å²) in [6.45, 7) is 0.138. The van der Waals surface area contributed by atoms with Crippen molar-refractivity contribution >= 4 is 5.91 Å². The molecule has 0 heterocycles. The molecule has 0 aliphatic carbocycles. The van der Waals surface area contributed by atoms with Gasteiger partial charge in [-0.2, -0.15) is 0 Å².